The van der Waals surface area contributed by atoms with Crippen LogP contribution in [0.3, 0.4) is 0 Å². The zero-order chi connectivity index (χ0) is 13.9. The van der Waals surface area contributed by atoms with Crippen LogP contribution in [-0.2, 0) is 0 Å². The van der Waals surface area contributed by atoms with Crippen LogP contribution in [0, 0.1) is 11.8 Å². The van der Waals surface area contributed by atoms with Crippen LogP contribution in [0.1, 0.15) is 43.6 Å². The van der Waals surface area contributed by atoms with E-state index in [-0.39, 0.29) is 0 Å². The van der Waals surface area contributed by atoms with Gasteiger partial charge in [0.25, 0.3) is 0 Å². The molecule has 1 aliphatic carbocycles. The van der Waals surface area contributed by atoms with Crippen molar-refractivity contribution in [1.82, 2.24) is 5.32 Å². The molecule has 110 valence electrons. The highest BCUT2D eigenvalue weighted by atomic mass is 35.5. The highest BCUT2D eigenvalue weighted by Gasteiger charge is 2.36. The molecule has 2 nitrogen and oxygen atoms in total. The minimum absolute atomic E-state index is 0.544. The van der Waals surface area contributed by atoms with Crippen LogP contribution in [0.15, 0.2) is 18.2 Å². The van der Waals surface area contributed by atoms with E-state index < -0.39 is 0 Å². The van der Waals surface area contributed by atoms with E-state index in [2.05, 4.69) is 11.4 Å². The number of rotatable bonds is 3. The van der Waals surface area contributed by atoms with Gasteiger partial charge in [-0.15, -0.1) is 0 Å². The van der Waals surface area contributed by atoms with E-state index in [1.807, 2.05) is 12.1 Å². The van der Waals surface area contributed by atoms with Crippen LogP contribution in [0.5, 0.6) is 5.75 Å². The molecule has 0 radical (unpaired) electrons. The summed E-state index contributed by atoms with van der Waals surface area (Å²) in [7, 11) is 1.75. The Morgan fingerprint density at radius 3 is 2.75 bits per heavy atom. The SMILES string of the molecule is COc1cccc(Cl)c1C1CCNCC1C1CCCC1. The topological polar surface area (TPSA) is 21.3 Å². The summed E-state index contributed by atoms with van der Waals surface area (Å²) in [5.41, 5.74) is 1.25. The molecule has 0 amide bonds. The minimum atomic E-state index is 0.544. The monoisotopic (exact) mass is 293 g/mol. The summed E-state index contributed by atoms with van der Waals surface area (Å²) in [6.45, 7) is 2.21. The third kappa shape index (κ3) is 2.68. The summed E-state index contributed by atoms with van der Waals surface area (Å²) in [4.78, 5) is 0. The largest absolute Gasteiger partial charge is 0.496 e. The maximum absolute atomic E-state index is 6.51. The Kier molecular flexibility index (Phi) is 4.52. The second kappa shape index (κ2) is 6.36. The van der Waals surface area contributed by atoms with Gasteiger partial charge in [0.05, 0.1) is 7.11 Å². The normalized spacial score (nSPS) is 27.7. The second-order valence-electron chi connectivity index (χ2n) is 6.16. The van der Waals surface area contributed by atoms with Gasteiger partial charge in [0, 0.05) is 10.6 Å². The molecule has 2 fully saturated rings. The molecule has 0 aromatic heterocycles. The van der Waals surface area contributed by atoms with Crippen molar-refractivity contribution in [2.75, 3.05) is 20.2 Å². The molecule has 3 heteroatoms. The van der Waals surface area contributed by atoms with Crippen LogP contribution in [-0.4, -0.2) is 20.2 Å². The molecule has 1 N–H and O–H groups in total. The first kappa shape index (κ1) is 14.2. The first-order chi connectivity index (χ1) is 9.81. The van der Waals surface area contributed by atoms with Crippen LogP contribution >= 0.6 is 11.6 Å². The summed E-state index contributed by atoms with van der Waals surface area (Å²) in [5, 5.41) is 4.46. The second-order valence-corrected chi connectivity index (χ2v) is 6.57. The van der Waals surface area contributed by atoms with Gasteiger partial charge in [-0.3, -0.25) is 0 Å². The Labute approximate surface area is 126 Å². The summed E-state index contributed by atoms with van der Waals surface area (Å²) in [5.74, 6) is 3.07. The van der Waals surface area contributed by atoms with Crippen LogP contribution in [0.25, 0.3) is 0 Å². The van der Waals surface area contributed by atoms with E-state index in [1.54, 1.807) is 7.11 Å². The highest BCUT2D eigenvalue weighted by molar-refractivity contribution is 6.31. The van der Waals surface area contributed by atoms with E-state index in [1.165, 1.54) is 37.7 Å². The van der Waals surface area contributed by atoms with Crippen molar-refractivity contribution < 1.29 is 4.74 Å². The zero-order valence-electron chi connectivity index (χ0n) is 12.2. The van der Waals surface area contributed by atoms with E-state index in [0.29, 0.717) is 11.8 Å². The standard InChI is InChI=1S/C17H24ClNO/c1-20-16-8-4-7-15(18)17(16)13-9-10-19-11-14(13)12-5-2-3-6-12/h4,7-8,12-14,19H,2-3,5-6,9-11H2,1H3. The molecule has 1 aromatic carbocycles. The Morgan fingerprint density at radius 2 is 2.00 bits per heavy atom. The van der Waals surface area contributed by atoms with Crippen molar-refractivity contribution in [3.8, 4) is 5.75 Å². The van der Waals surface area contributed by atoms with Crippen molar-refractivity contribution >= 4 is 11.6 Å². The summed E-state index contributed by atoms with van der Waals surface area (Å²) in [6, 6.07) is 6.04. The molecule has 1 saturated carbocycles. The first-order valence-corrected chi connectivity index (χ1v) is 8.22. The summed E-state index contributed by atoms with van der Waals surface area (Å²) in [6.07, 6.45) is 6.73. The quantitative estimate of drug-likeness (QED) is 0.900. The zero-order valence-corrected chi connectivity index (χ0v) is 13.0. The maximum Gasteiger partial charge on any atom is 0.123 e. The number of hydrogen-bond donors (Lipinski definition) is 1. The van der Waals surface area contributed by atoms with Crippen molar-refractivity contribution in [3.05, 3.63) is 28.8 Å². The summed E-state index contributed by atoms with van der Waals surface area (Å²) >= 11 is 6.51. The Morgan fingerprint density at radius 1 is 1.20 bits per heavy atom. The number of piperidine rings is 1. The number of benzene rings is 1. The summed E-state index contributed by atoms with van der Waals surface area (Å²) < 4.78 is 5.59. The fraction of sp³-hybridized carbons (Fsp3) is 0.647. The molecule has 1 saturated heterocycles. The molecule has 1 heterocycles. The van der Waals surface area contributed by atoms with E-state index in [4.69, 9.17) is 16.3 Å². The molecule has 2 aliphatic rings. The third-order valence-corrected chi connectivity index (χ3v) is 5.47. The fourth-order valence-corrected chi connectivity index (χ4v) is 4.48. The molecule has 0 spiro atoms. The van der Waals surface area contributed by atoms with Gasteiger partial charge < -0.3 is 10.1 Å². The average molecular weight is 294 g/mol. The van der Waals surface area contributed by atoms with Gasteiger partial charge in [0.2, 0.25) is 0 Å². The highest BCUT2D eigenvalue weighted by Crippen LogP contribution is 2.46. The van der Waals surface area contributed by atoms with Crippen molar-refractivity contribution in [2.24, 2.45) is 11.8 Å². The molecule has 1 aromatic rings. The lowest BCUT2D eigenvalue weighted by Crippen LogP contribution is -2.39. The lowest BCUT2D eigenvalue weighted by Gasteiger charge is -2.37. The van der Waals surface area contributed by atoms with Crippen molar-refractivity contribution in [1.29, 1.82) is 0 Å². The molecular formula is C17H24ClNO. The smallest absolute Gasteiger partial charge is 0.123 e. The number of halogens is 1. The number of methoxy groups -OCH3 is 1. The Hall–Kier alpha value is -0.730. The molecule has 20 heavy (non-hydrogen) atoms. The van der Waals surface area contributed by atoms with Crippen molar-refractivity contribution in [3.63, 3.8) is 0 Å². The van der Waals surface area contributed by atoms with Gasteiger partial charge in [-0.2, -0.15) is 0 Å². The number of nitrogens with one attached hydrogen (secondary N) is 1. The van der Waals surface area contributed by atoms with E-state index in [0.717, 1.165) is 29.8 Å². The first-order valence-electron chi connectivity index (χ1n) is 7.84. The molecule has 1 aliphatic heterocycles. The van der Waals surface area contributed by atoms with Gasteiger partial charge in [-0.1, -0.05) is 43.4 Å². The maximum atomic E-state index is 6.51. The number of ether oxygens (including phenoxy) is 1. The van der Waals surface area contributed by atoms with Crippen LogP contribution < -0.4 is 10.1 Å². The third-order valence-electron chi connectivity index (χ3n) is 5.14. The van der Waals surface area contributed by atoms with Gasteiger partial charge in [0.15, 0.2) is 0 Å². The lowest BCUT2D eigenvalue weighted by molar-refractivity contribution is 0.227. The minimum Gasteiger partial charge on any atom is -0.496 e. The molecule has 2 unspecified atom stereocenters. The van der Waals surface area contributed by atoms with Gasteiger partial charge in [-0.05, 0) is 49.4 Å². The fourth-order valence-electron chi connectivity index (χ4n) is 4.18. The van der Waals surface area contributed by atoms with Crippen LogP contribution in [0.2, 0.25) is 5.02 Å². The van der Waals surface area contributed by atoms with Gasteiger partial charge in [0.1, 0.15) is 5.75 Å². The lowest BCUT2D eigenvalue weighted by atomic mass is 9.73. The van der Waals surface area contributed by atoms with E-state index in [9.17, 15) is 0 Å². The molecular weight excluding hydrogens is 270 g/mol. The Bertz CT molecular complexity index is 456. The van der Waals surface area contributed by atoms with Crippen LogP contribution in [0.4, 0.5) is 0 Å². The van der Waals surface area contributed by atoms with Crippen molar-refractivity contribution in [2.45, 2.75) is 38.0 Å². The molecule has 0 bridgehead atoms. The molecule has 2 atom stereocenters. The van der Waals surface area contributed by atoms with Gasteiger partial charge in [-0.25, -0.2) is 0 Å². The van der Waals surface area contributed by atoms with E-state index >= 15 is 0 Å². The van der Waals surface area contributed by atoms with Gasteiger partial charge >= 0.3 is 0 Å². The predicted octanol–water partition coefficient (Wildman–Crippen LogP) is 4.23. The Balaban J connectivity index is 1.93. The predicted molar refractivity (Wildman–Crippen MR) is 83.7 cm³/mol. The molecule has 3 rings (SSSR count). The number of hydrogen-bond acceptors (Lipinski definition) is 2. The average Bonchev–Trinajstić information content (AvgIpc) is 3.01.